The van der Waals surface area contributed by atoms with Gasteiger partial charge in [-0.25, -0.2) is 9.37 Å². The number of aromatic nitrogens is 3. The van der Waals surface area contributed by atoms with E-state index in [9.17, 15) is 9.18 Å². The minimum Gasteiger partial charge on any atom is -0.343 e. The molecule has 19 heavy (non-hydrogen) atoms. The maximum Gasteiger partial charge on any atom is 0.260 e. The third-order valence-electron chi connectivity index (χ3n) is 3.28. The van der Waals surface area contributed by atoms with Crippen LogP contribution in [0.15, 0.2) is 29.1 Å². The fourth-order valence-electron chi connectivity index (χ4n) is 2.11. The highest BCUT2D eigenvalue weighted by Crippen LogP contribution is 2.19. The van der Waals surface area contributed by atoms with Crippen LogP contribution in [0.3, 0.4) is 0 Å². The number of aryl methyl sites for hydroxylation is 2. The van der Waals surface area contributed by atoms with Gasteiger partial charge in [0.05, 0.1) is 5.39 Å². The second kappa shape index (κ2) is 4.05. The number of benzene rings is 1. The zero-order valence-electron chi connectivity index (χ0n) is 10.5. The summed E-state index contributed by atoms with van der Waals surface area (Å²) >= 11 is 0. The average Bonchev–Trinajstić information content (AvgIpc) is 2.66. The normalized spacial score (nSPS) is 11.1. The lowest BCUT2D eigenvalue weighted by atomic mass is 10.2. The number of hydrogen-bond donors (Lipinski definition) is 2. The Morgan fingerprint density at radius 3 is 2.47 bits per heavy atom. The number of H-pyrrole nitrogens is 2. The molecule has 2 heterocycles. The van der Waals surface area contributed by atoms with E-state index in [1.807, 2.05) is 13.8 Å². The Labute approximate surface area is 108 Å². The Kier molecular flexibility index (Phi) is 2.48. The predicted octanol–water partition coefficient (Wildman–Crippen LogP) is 2.67. The van der Waals surface area contributed by atoms with Gasteiger partial charge in [0.25, 0.3) is 5.56 Å². The van der Waals surface area contributed by atoms with Crippen molar-refractivity contribution in [1.82, 2.24) is 15.0 Å². The maximum atomic E-state index is 12.9. The Bertz CT molecular complexity index is 815. The monoisotopic (exact) mass is 257 g/mol. The second-order valence-electron chi connectivity index (χ2n) is 4.52. The topological polar surface area (TPSA) is 61.5 Å². The number of aromatic amines is 2. The number of nitrogens with zero attached hydrogens (tertiary/aromatic N) is 1. The number of hydrogen-bond acceptors (Lipinski definition) is 2. The van der Waals surface area contributed by atoms with E-state index < -0.39 is 0 Å². The molecule has 0 aliphatic heterocycles. The highest BCUT2D eigenvalue weighted by atomic mass is 19.1. The van der Waals surface area contributed by atoms with Crippen LogP contribution in [-0.4, -0.2) is 15.0 Å². The summed E-state index contributed by atoms with van der Waals surface area (Å²) < 4.78 is 12.9. The molecule has 3 rings (SSSR count). The molecule has 1 aromatic carbocycles. The van der Waals surface area contributed by atoms with Gasteiger partial charge in [-0.1, -0.05) is 0 Å². The number of nitrogens with one attached hydrogen (secondary N) is 2. The van der Waals surface area contributed by atoms with E-state index in [1.165, 1.54) is 12.1 Å². The first kappa shape index (κ1) is 11.6. The van der Waals surface area contributed by atoms with E-state index in [4.69, 9.17) is 0 Å². The number of halogens is 1. The van der Waals surface area contributed by atoms with Gasteiger partial charge in [0, 0.05) is 11.3 Å². The van der Waals surface area contributed by atoms with E-state index in [1.54, 1.807) is 12.1 Å². The molecular weight excluding hydrogens is 245 g/mol. The molecule has 0 spiro atoms. The van der Waals surface area contributed by atoms with Gasteiger partial charge in [0.15, 0.2) is 0 Å². The maximum absolute atomic E-state index is 12.9. The minimum absolute atomic E-state index is 0.189. The van der Waals surface area contributed by atoms with Gasteiger partial charge < -0.3 is 9.97 Å². The average molecular weight is 257 g/mol. The highest BCUT2D eigenvalue weighted by molar-refractivity contribution is 5.81. The molecule has 0 radical (unpaired) electrons. The molecular formula is C14H12FN3O. The van der Waals surface area contributed by atoms with Crippen molar-refractivity contribution >= 4 is 11.0 Å². The van der Waals surface area contributed by atoms with Gasteiger partial charge in [-0.15, -0.1) is 0 Å². The first-order chi connectivity index (χ1) is 9.06. The molecule has 5 heteroatoms. The summed E-state index contributed by atoms with van der Waals surface area (Å²) in [6, 6.07) is 5.85. The molecule has 0 saturated carbocycles. The summed E-state index contributed by atoms with van der Waals surface area (Å²) in [6.45, 7) is 3.77. The standard InChI is InChI=1S/C14H12FN3O/c1-7-8(2)16-13-11(7)14(19)18-12(17-13)9-3-5-10(15)6-4-9/h3-6H,1-2H3,(H2,16,17,18,19). The molecule has 2 aromatic heterocycles. The molecule has 0 bridgehead atoms. The van der Waals surface area contributed by atoms with Crippen LogP contribution in [0.2, 0.25) is 0 Å². The van der Waals surface area contributed by atoms with Crippen LogP contribution in [0.4, 0.5) is 4.39 Å². The van der Waals surface area contributed by atoms with E-state index in [-0.39, 0.29) is 11.4 Å². The molecule has 0 saturated heterocycles. The first-order valence-corrected chi connectivity index (χ1v) is 5.91. The smallest absolute Gasteiger partial charge is 0.260 e. The lowest BCUT2D eigenvalue weighted by Crippen LogP contribution is -2.09. The summed E-state index contributed by atoms with van der Waals surface area (Å²) in [4.78, 5) is 22.3. The Balaban J connectivity index is 2.27. The van der Waals surface area contributed by atoms with Crippen LogP contribution in [0, 0.1) is 19.7 Å². The molecule has 2 N–H and O–H groups in total. The van der Waals surface area contributed by atoms with Crippen molar-refractivity contribution in [3.63, 3.8) is 0 Å². The largest absolute Gasteiger partial charge is 0.343 e. The lowest BCUT2D eigenvalue weighted by molar-refractivity contribution is 0.628. The summed E-state index contributed by atoms with van der Waals surface area (Å²) in [7, 11) is 0. The lowest BCUT2D eigenvalue weighted by Gasteiger charge is -2.01. The quantitative estimate of drug-likeness (QED) is 0.704. The molecule has 96 valence electrons. The zero-order chi connectivity index (χ0) is 13.6. The first-order valence-electron chi connectivity index (χ1n) is 5.91. The fourth-order valence-corrected chi connectivity index (χ4v) is 2.11. The van der Waals surface area contributed by atoms with Crippen LogP contribution in [-0.2, 0) is 0 Å². The fraction of sp³-hybridized carbons (Fsp3) is 0.143. The van der Waals surface area contributed by atoms with E-state index in [0.29, 0.717) is 22.4 Å². The molecule has 3 aromatic rings. The van der Waals surface area contributed by atoms with Crippen LogP contribution in [0.1, 0.15) is 11.3 Å². The van der Waals surface area contributed by atoms with Crippen molar-refractivity contribution < 1.29 is 4.39 Å². The summed E-state index contributed by atoms with van der Waals surface area (Å²) in [6.07, 6.45) is 0. The number of rotatable bonds is 1. The predicted molar refractivity (Wildman–Crippen MR) is 71.6 cm³/mol. The van der Waals surface area contributed by atoms with Gasteiger partial charge in [-0.2, -0.15) is 0 Å². The van der Waals surface area contributed by atoms with Gasteiger partial charge in [0.2, 0.25) is 0 Å². The van der Waals surface area contributed by atoms with E-state index in [2.05, 4.69) is 15.0 Å². The van der Waals surface area contributed by atoms with Crippen molar-refractivity contribution in [3.8, 4) is 11.4 Å². The Morgan fingerprint density at radius 1 is 1.11 bits per heavy atom. The third kappa shape index (κ3) is 1.83. The van der Waals surface area contributed by atoms with Crippen molar-refractivity contribution in [3.05, 3.63) is 51.7 Å². The summed E-state index contributed by atoms with van der Waals surface area (Å²) in [5, 5.41) is 0.573. The molecule has 0 amide bonds. The Morgan fingerprint density at radius 2 is 1.79 bits per heavy atom. The third-order valence-corrected chi connectivity index (χ3v) is 3.28. The van der Waals surface area contributed by atoms with Gasteiger partial charge in [-0.3, -0.25) is 4.79 Å². The number of fused-ring (bicyclic) bond motifs is 1. The second-order valence-corrected chi connectivity index (χ2v) is 4.52. The molecule has 0 fully saturated rings. The van der Waals surface area contributed by atoms with Gasteiger partial charge in [-0.05, 0) is 43.7 Å². The highest BCUT2D eigenvalue weighted by Gasteiger charge is 2.11. The van der Waals surface area contributed by atoms with Crippen molar-refractivity contribution in [2.24, 2.45) is 0 Å². The molecule has 0 aliphatic carbocycles. The van der Waals surface area contributed by atoms with Crippen molar-refractivity contribution in [2.75, 3.05) is 0 Å². The van der Waals surface area contributed by atoms with Gasteiger partial charge in [0.1, 0.15) is 17.3 Å². The van der Waals surface area contributed by atoms with Crippen LogP contribution in [0.5, 0.6) is 0 Å². The minimum atomic E-state index is -0.321. The van der Waals surface area contributed by atoms with E-state index >= 15 is 0 Å². The molecule has 4 nitrogen and oxygen atoms in total. The summed E-state index contributed by atoms with van der Waals surface area (Å²) in [5.41, 5.74) is 2.85. The van der Waals surface area contributed by atoms with E-state index in [0.717, 1.165) is 11.3 Å². The van der Waals surface area contributed by atoms with Crippen molar-refractivity contribution in [2.45, 2.75) is 13.8 Å². The van der Waals surface area contributed by atoms with Crippen LogP contribution >= 0.6 is 0 Å². The molecule has 0 unspecified atom stereocenters. The summed E-state index contributed by atoms with van der Waals surface area (Å²) in [5.74, 6) is 0.109. The van der Waals surface area contributed by atoms with Crippen LogP contribution in [0.25, 0.3) is 22.4 Å². The van der Waals surface area contributed by atoms with Crippen LogP contribution < -0.4 is 5.56 Å². The molecule has 0 atom stereocenters. The SMILES string of the molecule is Cc1[nH]c2nc(-c3ccc(F)cc3)[nH]c(=O)c2c1C. The molecule has 0 aliphatic rings. The van der Waals surface area contributed by atoms with Gasteiger partial charge >= 0.3 is 0 Å². The zero-order valence-corrected chi connectivity index (χ0v) is 10.5. The Hall–Kier alpha value is -2.43. The van der Waals surface area contributed by atoms with Crippen molar-refractivity contribution in [1.29, 1.82) is 0 Å².